The fraction of sp³-hybridized carbons (Fsp3) is 0. The summed E-state index contributed by atoms with van der Waals surface area (Å²) in [4.78, 5) is 13.3. The Morgan fingerprint density at radius 1 is 0.486 bits per heavy atom. The zero-order chi connectivity index (χ0) is 23.6. The first-order chi connectivity index (χ1) is 17.3. The van der Waals surface area contributed by atoms with Crippen LogP contribution < -0.4 is 4.24 Å². The summed E-state index contributed by atoms with van der Waals surface area (Å²) in [5.74, 6) is 0. The SMILES string of the molecule is [Li][c]1c(-c2ccc(-c3cccnc3)cc2)cc(-c2ccc(-c3cccnc3)cc2)c2cccnc12. The molecule has 3 aromatic heterocycles. The van der Waals surface area contributed by atoms with E-state index in [1.807, 2.05) is 36.8 Å². The summed E-state index contributed by atoms with van der Waals surface area (Å²) in [7, 11) is 0. The maximum absolute atomic E-state index is 4.77. The zero-order valence-corrected chi connectivity index (χ0v) is 19.4. The van der Waals surface area contributed by atoms with E-state index in [1.54, 1.807) is 12.4 Å². The van der Waals surface area contributed by atoms with Crippen molar-refractivity contribution in [3.05, 3.63) is 122 Å². The molecular weight excluding hydrogens is 421 g/mol. The second-order valence-corrected chi connectivity index (χ2v) is 8.63. The molecule has 0 spiro atoms. The standard InChI is InChI=1S/C31H20N3.Li/c1-4-26(20-32-15-1)22-7-9-24(10-8-22)28-18-30(29-6-3-17-34-31(29)19-28)25-13-11-23(12-14-25)27-5-2-16-33-21-27;/h1-18,20-21H;. The van der Waals surface area contributed by atoms with Gasteiger partial charge in [-0.25, -0.2) is 0 Å². The Balaban J connectivity index is 1.46. The summed E-state index contributed by atoms with van der Waals surface area (Å²) in [6.07, 6.45) is 9.27. The van der Waals surface area contributed by atoms with Gasteiger partial charge < -0.3 is 0 Å². The van der Waals surface area contributed by atoms with E-state index in [-0.39, 0.29) is 0 Å². The molecule has 0 saturated heterocycles. The molecule has 0 aliphatic rings. The summed E-state index contributed by atoms with van der Waals surface area (Å²) in [6.45, 7) is 0. The van der Waals surface area contributed by atoms with E-state index in [4.69, 9.17) is 4.98 Å². The van der Waals surface area contributed by atoms with Crippen molar-refractivity contribution in [1.82, 2.24) is 15.0 Å². The van der Waals surface area contributed by atoms with Crippen LogP contribution in [-0.4, -0.2) is 32.7 Å². The third kappa shape index (κ3) is 4.17. The molecule has 0 bridgehead atoms. The first-order valence-corrected chi connectivity index (χ1v) is 11.7. The van der Waals surface area contributed by atoms with Crippen LogP contribution in [0, 0.1) is 0 Å². The van der Waals surface area contributed by atoms with Crippen molar-refractivity contribution in [3.8, 4) is 44.5 Å². The van der Waals surface area contributed by atoms with Gasteiger partial charge in [0.2, 0.25) is 0 Å². The number of hydrogen-bond donors (Lipinski definition) is 0. The molecule has 160 valence electrons. The van der Waals surface area contributed by atoms with Gasteiger partial charge in [0.15, 0.2) is 0 Å². The minimum absolute atomic E-state index is 1.03. The number of rotatable bonds is 4. The molecule has 3 heterocycles. The van der Waals surface area contributed by atoms with Crippen molar-refractivity contribution in [3.63, 3.8) is 0 Å². The van der Waals surface area contributed by atoms with Gasteiger partial charge in [-0.1, -0.05) is 0 Å². The second-order valence-electron chi connectivity index (χ2n) is 8.63. The van der Waals surface area contributed by atoms with E-state index in [0.717, 1.165) is 33.2 Å². The van der Waals surface area contributed by atoms with Gasteiger partial charge in [0.1, 0.15) is 0 Å². The maximum atomic E-state index is 4.77. The van der Waals surface area contributed by atoms with E-state index in [0.29, 0.717) is 0 Å². The Morgan fingerprint density at radius 2 is 1.00 bits per heavy atom. The van der Waals surface area contributed by atoms with Gasteiger partial charge >= 0.3 is 214 Å². The average Bonchev–Trinajstić information content (AvgIpc) is 2.95. The van der Waals surface area contributed by atoms with Crippen molar-refractivity contribution in [2.75, 3.05) is 0 Å². The molecule has 0 radical (unpaired) electrons. The van der Waals surface area contributed by atoms with Crippen LogP contribution in [0.3, 0.4) is 0 Å². The van der Waals surface area contributed by atoms with E-state index in [2.05, 4.69) is 100 Å². The van der Waals surface area contributed by atoms with Crippen molar-refractivity contribution < 1.29 is 0 Å². The molecule has 0 atom stereocenters. The first kappa shape index (κ1) is 21.5. The van der Waals surface area contributed by atoms with Crippen LogP contribution in [0.5, 0.6) is 0 Å². The molecule has 0 aliphatic carbocycles. The zero-order valence-electron chi connectivity index (χ0n) is 19.4. The second kappa shape index (κ2) is 9.31. The van der Waals surface area contributed by atoms with Crippen LogP contribution in [0.15, 0.2) is 122 Å². The Morgan fingerprint density at radius 3 is 1.54 bits per heavy atom. The molecule has 3 nitrogen and oxygen atoms in total. The Hall–Kier alpha value is -4.03. The van der Waals surface area contributed by atoms with Crippen LogP contribution in [0.2, 0.25) is 0 Å². The number of nitrogens with zero attached hydrogens (tertiary/aromatic N) is 3. The monoisotopic (exact) mass is 441 g/mol. The predicted octanol–water partition coefficient (Wildman–Crippen LogP) is 6.49. The average molecular weight is 441 g/mol. The summed E-state index contributed by atoms with van der Waals surface area (Å²) >= 11 is 2.16. The molecular formula is C31H20LiN3. The van der Waals surface area contributed by atoms with Crippen LogP contribution in [0.25, 0.3) is 55.4 Å². The van der Waals surface area contributed by atoms with Gasteiger partial charge in [-0.2, -0.15) is 0 Å². The van der Waals surface area contributed by atoms with E-state index < -0.39 is 0 Å². The van der Waals surface area contributed by atoms with Gasteiger partial charge in [0, 0.05) is 0 Å². The van der Waals surface area contributed by atoms with Crippen molar-refractivity contribution >= 4 is 32.9 Å². The third-order valence-corrected chi connectivity index (χ3v) is 6.53. The quantitative estimate of drug-likeness (QED) is 0.294. The molecule has 35 heavy (non-hydrogen) atoms. The van der Waals surface area contributed by atoms with Gasteiger partial charge in [-0.3, -0.25) is 0 Å². The van der Waals surface area contributed by atoms with Crippen LogP contribution in [-0.2, 0) is 0 Å². The number of fused-ring (bicyclic) bond motifs is 1. The van der Waals surface area contributed by atoms with E-state index in [1.165, 1.54) is 26.5 Å². The molecule has 0 aliphatic heterocycles. The number of pyridine rings is 3. The molecule has 0 amide bonds. The van der Waals surface area contributed by atoms with Gasteiger partial charge in [0.25, 0.3) is 0 Å². The Labute approximate surface area is 213 Å². The van der Waals surface area contributed by atoms with Crippen LogP contribution in [0.4, 0.5) is 0 Å². The van der Waals surface area contributed by atoms with Crippen molar-refractivity contribution in [2.45, 2.75) is 0 Å². The minimum atomic E-state index is 1.03. The van der Waals surface area contributed by atoms with Crippen molar-refractivity contribution in [1.29, 1.82) is 0 Å². The van der Waals surface area contributed by atoms with Crippen LogP contribution in [0.1, 0.15) is 0 Å². The summed E-state index contributed by atoms with van der Waals surface area (Å²) in [5, 5.41) is 1.16. The fourth-order valence-corrected chi connectivity index (χ4v) is 4.67. The molecule has 6 rings (SSSR count). The Kier molecular flexibility index (Phi) is 5.72. The summed E-state index contributed by atoms with van der Waals surface area (Å²) in [6, 6.07) is 32.0. The van der Waals surface area contributed by atoms with Gasteiger partial charge in [-0.05, 0) is 0 Å². The number of hydrogen-bond acceptors (Lipinski definition) is 3. The molecule has 0 unspecified atom stereocenters. The molecule has 3 aromatic carbocycles. The normalized spacial score (nSPS) is 11.0. The van der Waals surface area contributed by atoms with Gasteiger partial charge in [0.05, 0.1) is 0 Å². The molecule has 0 fully saturated rings. The fourth-order valence-electron chi connectivity index (χ4n) is 4.67. The van der Waals surface area contributed by atoms with E-state index in [9.17, 15) is 0 Å². The predicted molar refractivity (Wildman–Crippen MR) is 144 cm³/mol. The molecule has 0 N–H and O–H groups in total. The molecule has 6 aromatic rings. The summed E-state index contributed by atoms with van der Waals surface area (Å²) < 4.78 is 1.19. The number of aromatic nitrogens is 3. The Bertz CT molecular complexity index is 1610. The topological polar surface area (TPSA) is 38.7 Å². The van der Waals surface area contributed by atoms with Crippen LogP contribution >= 0.6 is 0 Å². The van der Waals surface area contributed by atoms with E-state index >= 15 is 0 Å². The summed E-state index contributed by atoms with van der Waals surface area (Å²) in [5.41, 5.74) is 10.3. The molecule has 4 heteroatoms. The molecule has 0 saturated carbocycles. The van der Waals surface area contributed by atoms with Crippen molar-refractivity contribution in [2.24, 2.45) is 0 Å². The third-order valence-electron chi connectivity index (χ3n) is 6.53. The van der Waals surface area contributed by atoms with Gasteiger partial charge in [-0.15, -0.1) is 0 Å². The first-order valence-electron chi connectivity index (χ1n) is 11.7. The number of benzene rings is 3.